The Morgan fingerprint density at radius 2 is 1.83 bits per heavy atom. The van der Waals surface area contributed by atoms with Gasteiger partial charge in [-0.2, -0.15) is 0 Å². The summed E-state index contributed by atoms with van der Waals surface area (Å²) in [6.45, 7) is 1.98. The van der Waals surface area contributed by atoms with Gasteiger partial charge in [-0.25, -0.2) is 4.68 Å². The molecule has 0 aliphatic carbocycles. The van der Waals surface area contributed by atoms with Gasteiger partial charge in [0, 0.05) is 10.5 Å². The van der Waals surface area contributed by atoms with Crippen LogP contribution in [0.1, 0.15) is 24.9 Å². The van der Waals surface area contributed by atoms with Gasteiger partial charge in [0.1, 0.15) is 29.6 Å². The molecule has 12 nitrogen and oxygen atoms in total. The lowest BCUT2D eigenvalue weighted by atomic mass is 9.70. The predicted octanol–water partition coefficient (Wildman–Crippen LogP) is 3.02. The zero-order valence-electron chi connectivity index (χ0n) is 25.0. The normalized spacial score (nSPS) is 27.1. The van der Waals surface area contributed by atoms with Gasteiger partial charge in [0.15, 0.2) is 0 Å². The molecular weight excluding hydrogens is 656 g/mol. The van der Waals surface area contributed by atoms with Crippen LogP contribution in [0, 0.1) is 11.8 Å². The number of carbonyl (C=O) groups excluding carboxylic acids is 3. The molecule has 7 atom stereocenters. The second kappa shape index (κ2) is 12.1. The molecular formula is C33H33BrN6O6. The minimum absolute atomic E-state index is 0.00340. The van der Waals surface area contributed by atoms with Gasteiger partial charge in [-0.05, 0) is 55.3 Å². The highest BCUT2D eigenvalue weighted by molar-refractivity contribution is 9.09. The van der Waals surface area contributed by atoms with Crippen LogP contribution in [-0.2, 0) is 25.8 Å². The van der Waals surface area contributed by atoms with E-state index in [1.807, 2.05) is 49.4 Å². The highest BCUT2D eigenvalue weighted by Gasteiger charge is 2.77. The molecule has 3 N–H and O–H groups in total. The molecule has 3 aliphatic heterocycles. The van der Waals surface area contributed by atoms with Crippen LogP contribution < -0.4 is 15.4 Å². The van der Waals surface area contributed by atoms with Crippen LogP contribution in [0.5, 0.6) is 5.75 Å². The lowest BCUT2D eigenvalue weighted by Crippen LogP contribution is -2.56. The molecule has 4 heterocycles. The maximum Gasteiger partial charge on any atom is 0.247 e. The summed E-state index contributed by atoms with van der Waals surface area (Å²) in [4.78, 5) is 44.0. The SMILES string of the molecule is CCOc1ccc(NC(=O)[C@H]2[C@H]3C(=O)N([C@H](CO)c4ccccc4)C(C(=O)NCn4nnc5ccccc54)C34CC(Br)[C@@H]2O4)cc1. The lowest BCUT2D eigenvalue weighted by molar-refractivity contribution is -0.145. The quantitative estimate of drug-likeness (QED) is 0.216. The fourth-order valence-corrected chi connectivity index (χ4v) is 8.29. The van der Waals surface area contributed by atoms with Gasteiger partial charge in [-0.15, -0.1) is 5.10 Å². The summed E-state index contributed by atoms with van der Waals surface area (Å²) in [7, 11) is 0. The first-order chi connectivity index (χ1) is 22.4. The zero-order valence-corrected chi connectivity index (χ0v) is 26.5. The smallest absolute Gasteiger partial charge is 0.247 e. The maximum absolute atomic E-state index is 14.6. The highest BCUT2D eigenvalue weighted by atomic mass is 79.9. The Bertz CT molecular complexity index is 1770. The molecule has 7 rings (SSSR count). The minimum atomic E-state index is -1.31. The van der Waals surface area contributed by atoms with Crippen molar-refractivity contribution >= 4 is 50.4 Å². The number of anilines is 1. The van der Waals surface area contributed by atoms with Crippen molar-refractivity contribution in [3.63, 3.8) is 0 Å². The van der Waals surface area contributed by atoms with Crippen molar-refractivity contribution in [2.45, 2.75) is 48.6 Å². The van der Waals surface area contributed by atoms with E-state index in [4.69, 9.17) is 9.47 Å². The predicted molar refractivity (Wildman–Crippen MR) is 171 cm³/mol. The third kappa shape index (κ3) is 4.93. The van der Waals surface area contributed by atoms with Crippen molar-refractivity contribution in [1.29, 1.82) is 0 Å². The van der Waals surface area contributed by atoms with Crippen LogP contribution >= 0.6 is 15.9 Å². The number of alkyl halides is 1. The van der Waals surface area contributed by atoms with E-state index in [1.165, 1.54) is 4.90 Å². The molecule has 3 aromatic carbocycles. The Kier molecular flexibility index (Phi) is 7.99. The van der Waals surface area contributed by atoms with Crippen molar-refractivity contribution in [2.24, 2.45) is 11.8 Å². The van der Waals surface area contributed by atoms with Crippen LogP contribution in [0.3, 0.4) is 0 Å². The first kappa shape index (κ1) is 30.3. The Labute approximate surface area is 273 Å². The molecule has 13 heteroatoms. The number of likely N-dealkylation sites (tertiary alicyclic amines) is 1. The lowest BCUT2D eigenvalue weighted by Gasteiger charge is -2.37. The van der Waals surface area contributed by atoms with E-state index in [1.54, 1.807) is 41.1 Å². The van der Waals surface area contributed by atoms with Crippen molar-refractivity contribution in [3.05, 3.63) is 84.4 Å². The molecule has 3 fully saturated rings. The number of aromatic nitrogens is 3. The number of rotatable bonds is 10. The average molecular weight is 690 g/mol. The van der Waals surface area contributed by atoms with E-state index in [0.29, 0.717) is 35.5 Å². The molecule has 1 aromatic heterocycles. The molecule has 3 amide bonds. The molecule has 3 aliphatic rings. The summed E-state index contributed by atoms with van der Waals surface area (Å²) in [6.07, 6.45) is -0.313. The number of aliphatic hydroxyl groups is 1. The molecule has 0 radical (unpaired) electrons. The van der Waals surface area contributed by atoms with Crippen molar-refractivity contribution < 1.29 is 29.0 Å². The monoisotopic (exact) mass is 688 g/mol. The van der Waals surface area contributed by atoms with Gasteiger partial charge in [0.25, 0.3) is 0 Å². The average Bonchev–Trinajstić information content (AvgIpc) is 3.79. The second-order valence-corrected chi connectivity index (χ2v) is 12.9. The number of para-hydroxylation sites is 1. The van der Waals surface area contributed by atoms with E-state index in [9.17, 15) is 19.5 Å². The van der Waals surface area contributed by atoms with Crippen molar-refractivity contribution in [1.82, 2.24) is 25.2 Å². The number of aliphatic hydroxyl groups excluding tert-OH is 1. The number of nitrogens with zero attached hydrogens (tertiary/aromatic N) is 4. The number of hydrogen-bond donors (Lipinski definition) is 3. The molecule has 3 saturated heterocycles. The molecule has 4 aromatic rings. The summed E-state index contributed by atoms with van der Waals surface area (Å²) in [5.74, 6) is -2.43. The number of hydrogen-bond acceptors (Lipinski definition) is 8. The standard InChI is InChI=1S/C33H33BrN6O6/c1-2-45-21-14-12-20(13-15-21)36-30(42)26-27-32(44)40(25(17-41)19-8-4-3-5-9-19)29(33(27)16-22(34)28(26)46-33)31(43)35-18-39-24-11-7-6-10-23(24)37-38-39/h3-15,22,25-29,41H,2,16-18H2,1H3,(H,35,43)(H,36,42)/t22?,25-,26+,27+,28+,29?,33?/m1/s1. The number of nitrogens with one attached hydrogen (secondary N) is 2. The van der Waals surface area contributed by atoms with E-state index in [2.05, 4.69) is 36.9 Å². The molecule has 3 unspecified atom stereocenters. The molecule has 0 saturated carbocycles. The van der Waals surface area contributed by atoms with Crippen LogP contribution in [0.4, 0.5) is 5.69 Å². The van der Waals surface area contributed by atoms with E-state index in [0.717, 1.165) is 5.52 Å². The summed E-state index contributed by atoms with van der Waals surface area (Å²) >= 11 is 3.71. The van der Waals surface area contributed by atoms with Gasteiger partial charge in [0.05, 0.1) is 42.7 Å². The van der Waals surface area contributed by atoms with Gasteiger partial charge < -0.3 is 30.1 Å². The number of fused-ring (bicyclic) bond motifs is 2. The molecule has 2 bridgehead atoms. The van der Waals surface area contributed by atoms with Gasteiger partial charge in [-0.1, -0.05) is 63.6 Å². The Balaban J connectivity index is 1.23. The van der Waals surface area contributed by atoms with Crippen molar-refractivity contribution in [2.75, 3.05) is 18.5 Å². The number of carbonyl (C=O) groups is 3. The van der Waals surface area contributed by atoms with Gasteiger partial charge in [0.2, 0.25) is 17.7 Å². The third-order valence-corrected chi connectivity index (χ3v) is 10.1. The Morgan fingerprint density at radius 1 is 1.09 bits per heavy atom. The summed E-state index contributed by atoms with van der Waals surface area (Å²) in [5.41, 5.74) is 1.31. The van der Waals surface area contributed by atoms with Gasteiger partial charge in [-0.3, -0.25) is 14.4 Å². The summed E-state index contributed by atoms with van der Waals surface area (Å²) in [5, 5.41) is 24.9. The summed E-state index contributed by atoms with van der Waals surface area (Å²) < 4.78 is 13.7. The largest absolute Gasteiger partial charge is 0.494 e. The fraction of sp³-hybridized carbons (Fsp3) is 0.364. The van der Waals surface area contributed by atoms with Crippen LogP contribution in [0.15, 0.2) is 78.9 Å². The minimum Gasteiger partial charge on any atom is -0.494 e. The number of ether oxygens (including phenoxy) is 2. The first-order valence-electron chi connectivity index (χ1n) is 15.3. The maximum atomic E-state index is 14.6. The van der Waals surface area contributed by atoms with Crippen LogP contribution in [0.25, 0.3) is 11.0 Å². The number of amides is 3. The number of benzene rings is 3. The fourth-order valence-electron chi connectivity index (χ4n) is 7.34. The van der Waals surface area contributed by atoms with Gasteiger partial charge >= 0.3 is 0 Å². The Hall–Kier alpha value is -4.33. The molecule has 46 heavy (non-hydrogen) atoms. The highest BCUT2D eigenvalue weighted by Crippen LogP contribution is 2.61. The first-order valence-corrected chi connectivity index (χ1v) is 16.2. The number of halogens is 1. The second-order valence-electron chi connectivity index (χ2n) is 11.7. The third-order valence-electron chi connectivity index (χ3n) is 9.23. The Morgan fingerprint density at radius 3 is 2.57 bits per heavy atom. The van der Waals surface area contributed by atoms with E-state index >= 15 is 0 Å². The van der Waals surface area contributed by atoms with Crippen LogP contribution in [-0.4, -0.2) is 78.5 Å². The van der Waals surface area contributed by atoms with E-state index in [-0.39, 0.29) is 17.4 Å². The zero-order chi connectivity index (χ0) is 32.0. The summed E-state index contributed by atoms with van der Waals surface area (Å²) in [6, 6.07) is 21.5. The van der Waals surface area contributed by atoms with Crippen LogP contribution in [0.2, 0.25) is 0 Å². The van der Waals surface area contributed by atoms with E-state index < -0.39 is 54.0 Å². The topological polar surface area (TPSA) is 148 Å². The molecule has 238 valence electrons. The molecule has 1 spiro atoms. The van der Waals surface area contributed by atoms with Crippen molar-refractivity contribution in [3.8, 4) is 5.75 Å².